The van der Waals surface area contributed by atoms with Crippen molar-refractivity contribution in [1.29, 1.82) is 0 Å². The number of carbonyl (C=O) groups excluding carboxylic acids is 1. The molecule has 3 rings (SSSR count). The summed E-state index contributed by atoms with van der Waals surface area (Å²) in [6, 6.07) is 16.3. The Morgan fingerprint density at radius 1 is 1.05 bits per heavy atom. The minimum atomic E-state index is -0.348. The Balaban J connectivity index is 1.75. The van der Waals surface area contributed by atoms with Gasteiger partial charge in [-0.1, -0.05) is 42.5 Å². The van der Waals surface area contributed by atoms with E-state index < -0.39 is 0 Å². The lowest BCUT2D eigenvalue weighted by Crippen LogP contribution is -2.55. The van der Waals surface area contributed by atoms with Crippen molar-refractivity contribution in [2.45, 2.75) is 19.5 Å². The van der Waals surface area contributed by atoms with Crippen molar-refractivity contribution in [3.63, 3.8) is 0 Å². The normalized spacial score (nSPS) is 19.5. The predicted octanol–water partition coefficient (Wildman–Crippen LogP) is 3.06. The number of nitrogens with zero attached hydrogens (tertiary/aromatic N) is 2. The second-order valence-corrected chi connectivity index (χ2v) is 5.57. The Kier molecular flexibility index (Phi) is 4.20. The monoisotopic (exact) mass is 298 g/mol. The highest BCUT2D eigenvalue weighted by molar-refractivity contribution is 5.97. The highest BCUT2D eigenvalue weighted by atomic mass is 19.1. The van der Waals surface area contributed by atoms with Crippen LogP contribution in [0.15, 0.2) is 54.6 Å². The summed E-state index contributed by atoms with van der Waals surface area (Å²) in [6.07, 6.45) is 0. The van der Waals surface area contributed by atoms with Gasteiger partial charge in [-0.05, 0) is 24.6 Å². The van der Waals surface area contributed by atoms with Crippen molar-refractivity contribution in [3.05, 3.63) is 66.0 Å². The van der Waals surface area contributed by atoms with E-state index in [4.69, 9.17) is 0 Å². The molecule has 0 spiro atoms. The predicted molar refractivity (Wildman–Crippen MR) is 85.1 cm³/mol. The molecule has 0 radical (unpaired) electrons. The molecular weight excluding hydrogens is 279 g/mol. The lowest BCUT2D eigenvalue weighted by molar-refractivity contribution is -0.125. The zero-order valence-electron chi connectivity index (χ0n) is 12.6. The molecular formula is C18H19FN2O. The number of benzene rings is 2. The van der Waals surface area contributed by atoms with Gasteiger partial charge in [0.1, 0.15) is 5.82 Å². The zero-order chi connectivity index (χ0) is 15.5. The van der Waals surface area contributed by atoms with Crippen LogP contribution in [0.1, 0.15) is 12.5 Å². The van der Waals surface area contributed by atoms with Crippen LogP contribution in [0.2, 0.25) is 0 Å². The van der Waals surface area contributed by atoms with Crippen molar-refractivity contribution in [3.8, 4) is 0 Å². The number of anilines is 1. The molecule has 3 nitrogen and oxygen atoms in total. The van der Waals surface area contributed by atoms with Gasteiger partial charge in [0.2, 0.25) is 5.91 Å². The van der Waals surface area contributed by atoms with Crippen LogP contribution in [0.3, 0.4) is 0 Å². The molecule has 22 heavy (non-hydrogen) atoms. The first-order chi connectivity index (χ1) is 10.7. The van der Waals surface area contributed by atoms with Gasteiger partial charge in [-0.2, -0.15) is 0 Å². The zero-order valence-corrected chi connectivity index (χ0v) is 12.6. The van der Waals surface area contributed by atoms with Crippen LogP contribution in [0.25, 0.3) is 0 Å². The first-order valence-corrected chi connectivity index (χ1v) is 7.50. The molecule has 0 bridgehead atoms. The van der Waals surface area contributed by atoms with Gasteiger partial charge in [-0.25, -0.2) is 4.39 Å². The number of hydrogen-bond acceptors (Lipinski definition) is 2. The van der Waals surface area contributed by atoms with Crippen LogP contribution >= 0.6 is 0 Å². The summed E-state index contributed by atoms with van der Waals surface area (Å²) in [5, 5.41) is 0. The fraction of sp³-hybridized carbons (Fsp3) is 0.278. The number of para-hydroxylation sites is 1. The second-order valence-electron chi connectivity index (χ2n) is 5.57. The van der Waals surface area contributed by atoms with E-state index in [1.54, 1.807) is 23.1 Å². The molecule has 1 fully saturated rings. The molecule has 2 aromatic rings. The van der Waals surface area contributed by atoms with Crippen LogP contribution in [0.5, 0.6) is 0 Å². The van der Waals surface area contributed by atoms with Gasteiger partial charge in [0.05, 0.1) is 11.7 Å². The number of rotatable bonds is 3. The molecule has 1 atom stereocenters. The third kappa shape index (κ3) is 2.88. The molecule has 1 heterocycles. The number of amides is 1. The van der Waals surface area contributed by atoms with Gasteiger partial charge in [-0.3, -0.25) is 9.69 Å². The topological polar surface area (TPSA) is 23.6 Å². The van der Waals surface area contributed by atoms with E-state index in [1.165, 1.54) is 11.6 Å². The highest BCUT2D eigenvalue weighted by Gasteiger charge is 2.33. The van der Waals surface area contributed by atoms with Crippen LogP contribution in [0.4, 0.5) is 10.1 Å². The molecule has 0 aliphatic carbocycles. The number of carbonyl (C=O) groups is 1. The van der Waals surface area contributed by atoms with Crippen molar-refractivity contribution in [1.82, 2.24) is 4.90 Å². The van der Waals surface area contributed by atoms with Gasteiger partial charge < -0.3 is 4.90 Å². The van der Waals surface area contributed by atoms with Crippen molar-refractivity contribution in [2.24, 2.45) is 0 Å². The Bertz CT molecular complexity index is 659. The van der Waals surface area contributed by atoms with Crippen molar-refractivity contribution < 1.29 is 9.18 Å². The van der Waals surface area contributed by atoms with Crippen molar-refractivity contribution >= 4 is 11.6 Å². The molecule has 0 saturated carbocycles. The maximum absolute atomic E-state index is 13.9. The van der Waals surface area contributed by atoms with Gasteiger partial charge in [0.25, 0.3) is 0 Å². The summed E-state index contributed by atoms with van der Waals surface area (Å²) in [4.78, 5) is 16.3. The maximum atomic E-state index is 13.9. The minimum absolute atomic E-state index is 0.0488. The average Bonchev–Trinajstić information content (AvgIpc) is 2.54. The van der Waals surface area contributed by atoms with Crippen LogP contribution < -0.4 is 4.90 Å². The SMILES string of the molecule is C[C@@H]1C(=O)N(c2ccccc2F)CCN1Cc1ccccc1. The summed E-state index contributed by atoms with van der Waals surface area (Å²) in [7, 11) is 0. The van der Waals surface area contributed by atoms with Crippen LogP contribution in [-0.2, 0) is 11.3 Å². The second kappa shape index (κ2) is 6.28. The third-order valence-corrected chi connectivity index (χ3v) is 4.15. The summed E-state index contributed by atoms with van der Waals surface area (Å²) in [5.74, 6) is -0.396. The Morgan fingerprint density at radius 3 is 2.45 bits per heavy atom. The van der Waals surface area contributed by atoms with Crippen LogP contribution in [-0.4, -0.2) is 29.9 Å². The average molecular weight is 298 g/mol. The number of halogens is 1. The number of piperazine rings is 1. The fourth-order valence-corrected chi connectivity index (χ4v) is 2.86. The Hall–Kier alpha value is -2.20. The third-order valence-electron chi connectivity index (χ3n) is 4.15. The molecule has 1 amide bonds. The van der Waals surface area contributed by atoms with Gasteiger partial charge in [0.15, 0.2) is 0 Å². The van der Waals surface area contributed by atoms with E-state index in [9.17, 15) is 9.18 Å². The molecule has 0 aromatic heterocycles. The fourth-order valence-electron chi connectivity index (χ4n) is 2.86. The smallest absolute Gasteiger partial charge is 0.244 e. The molecule has 4 heteroatoms. The van der Waals surface area contributed by atoms with E-state index in [0.29, 0.717) is 12.2 Å². The van der Waals surface area contributed by atoms with E-state index in [0.717, 1.165) is 13.1 Å². The lowest BCUT2D eigenvalue weighted by atomic mass is 10.1. The molecule has 0 N–H and O–H groups in total. The highest BCUT2D eigenvalue weighted by Crippen LogP contribution is 2.24. The summed E-state index contributed by atoms with van der Waals surface area (Å²) in [6.45, 7) is 3.87. The molecule has 114 valence electrons. The Morgan fingerprint density at radius 2 is 1.73 bits per heavy atom. The molecule has 0 unspecified atom stereocenters. The number of hydrogen-bond donors (Lipinski definition) is 0. The summed E-state index contributed by atoms with van der Waals surface area (Å²) >= 11 is 0. The lowest BCUT2D eigenvalue weighted by Gasteiger charge is -2.39. The summed E-state index contributed by atoms with van der Waals surface area (Å²) < 4.78 is 13.9. The molecule has 2 aromatic carbocycles. The largest absolute Gasteiger partial charge is 0.307 e. The van der Waals surface area contributed by atoms with Gasteiger partial charge in [0, 0.05) is 19.6 Å². The van der Waals surface area contributed by atoms with Gasteiger partial charge >= 0.3 is 0 Å². The first-order valence-electron chi connectivity index (χ1n) is 7.50. The van der Waals surface area contributed by atoms with Crippen LogP contribution in [0, 0.1) is 5.82 Å². The molecule has 1 aliphatic heterocycles. The van der Waals surface area contributed by atoms with E-state index in [1.807, 2.05) is 25.1 Å². The minimum Gasteiger partial charge on any atom is -0.307 e. The van der Waals surface area contributed by atoms with Gasteiger partial charge in [-0.15, -0.1) is 0 Å². The quantitative estimate of drug-likeness (QED) is 0.869. The Labute approximate surface area is 130 Å². The van der Waals surface area contributed by atoms with E-state index in [-0.39, 0.29) is 17.8 Å². The maximum Gasteiger partial charge on any atom is 0.244 e. The molecule has 1 aliphatic rings. The van der Waals surface area contributed by atoms with E-state index in [2.05, 4.69) is 17.0 Å². The van der Waals surface area contributed by atoms with E-state index >= 15 is 0 Å². The standard InChI is InChI=1S/C18H19FN2O/c1-14-18(22)21(17-10-6-5-9-16(17)19)12-11-20(14)13-15-7-3-2-4-8-15/h2-10,14H,11-13H2,1H3/t14-/m1/s1. The summed E-state index contributed by atoms with van der Waals surface area (Å²) in [5.41, 5.74) is 1.56. The molecule has 1 saturated heterocycles. The van der Waals surface area contributed by atoms with Crippen molar-refractivity contribution in [2.75, 3.05) is 18.0 Å². The first kappa shape index (κ1) is 14.7.